The Bertz CT molecular complexity index is 955. The number of methoxy groups -OCH3 is 1. The zero-order valence-corrected chi connectivity index (χ0v) is 16.5. The molecular weight excluding hydrogens is 372 g/mol. The molecule has 7 heteroatoms. The molecule has 0 radical (unpaired) electrons. The van der Waals surface area contributed by atoms with Gasteiger partial charge in [-0.1, -0.05) is 36.0 Å². The highest BCUT2D eigenvalue weighted by atomic mass is 32.2. The van der Waals surface area contributed by atoms with Crippen LogP contribution in [-0.2, 0) is 11.2 Å². The predicted octanol–water partition coefficient (Wildman–Crippen LogP) is 3.77. The second-order valence-electron chi connectivity index (χ2n) is 6.69. The number of ether oxygens (including phenoxy) is 1. The smallest absolute Gasteiger partial charge is 0.230 e. The van der Waals surface area contributed by atoms with Gasteiger partial charge in [-0.05, 0) is 54.7 Å². The summed E-state index contributed by atoms with van der Waals surface area (Å²) < 4.78 is 5.16. The number of nitrogens with one attached hydrogen (secondary N) is 2. The highest BCUT2D eigenvalue weighted by molar-refractivity contribution is 7.99. The topological polar surface area (TPSA) is 79.9 Å². The van der Waals surface area contributed by atoms with E-state index in [1.807, 2.05) is 30.3 Å². The zero-order chi connectivity index (χ0) is 19.3. The molecule has 1 atom stereocenters. The van der Waals surface area contributed by atoms with Crippen molar-refractivity contribution in [3.8, 4) is 17.1 Å². The van der Waals surface area contributed by atoms with E-state index in [4.69, 9.17) is 4.74 Å². The molecule has 0 saturated carbocycles. The van der Waals surface area contributed by atoms with Crippen LogP contribution in [-0.4, -0.2) is 34.0 Å². The Labute approximate surface area is 168 Å². The van der Waals surface area contributed by atoms with Crippen molar-refractivity contribution < 1.29 is 9.53 Å². The summed E-state index contributed by atoms with van der Waals surface area (Å²) >= 11 is 1.33. The third-order valence-electron chi connectivity index (χ3n) is 4.87. The number of aromatic nitrogens is 3. The highest BCUT2D eigenvalue weighted by Gasteiger charge is 2.21. The minimum Gasteiger partial charge on any atom is -0.497 e. The number of carbonyl (C=O) groups is 1. The van der Waals surface area contributed by atoms with Crippen LogP contribution in [0.3, 0.4) is 0 Å². The van der Waals surface area contributed by atoms with E-state index in [0.717, 1.165) is 30.6 Å². The van der Waals surface area contributed by atoms with Gasteiger partial charge in [0.2, 0.25) is 11.1 Å². The molecule has 1 aliphatic carbocycles. The lowest BCUT2D eigenvalue weighted by Crippen LogP contribution is -2.32. The SMILES string of the molecule is COc1ccc(-c2nc(SCC(=O)N[C@@H]3CCCc4ccccc43)n[nH]2)cc1. The third kappa shape index (κ3) is 4.20. The number of H-pyrrole nitrogens is 1. The summed E-state index contributed by atoms with van der Waals surface area (Å²) in [5.41, 5.74) is 3.50. The molecular formula is C21H22N4O2S. The number of nitrogens with zero attached hydrogens (tertiary/aromatic N) is 2. The van der Waals surface area contributed by atoms with E-state index in [1.165, 1.54) is 22.9 Å². The number of aryl methyl sites for hydroxylation is 1. The maximum absolute atomic E-state index is 12.4. The Balaban J connectivity index is 1.34. The molecule has 0 aliphatic heterocycles. The average molecular weight is 395 g/mol. The monoisotopic (exact) mass is 394 g/mol. The maximum atomic E-state index is 12.4. The molecule has 2 aromatic carbocycles. The molecule has 0 bridgehead atoms. The number of rotatable bonds is 6. The minimum absolute atomic E-state index is 0.00232. The van der Waals surface area contributed by atoms with Gasteiger partial charge in [-0.15, -0.1) is 5.10 Å². The molecule has 1 heterocycles. The number of thioether (sulfide) groups is 1. The number of fused-ring (bicyclic) bond motifs is 1. The molecule has 0 spiro atoms. The van der Waals surface area contributed by atoms with Gasteiger partial charge in [-0.25, -0.2) is 4.98 Å². The quantitative estimate of drug-likeness (QED) is 0.622. The first-order valence-electron chi connectivity index (χ1n) is 9.30. The van der Waals surface area contributed by atoms with Gasteiger partial charge >= 0.3 is 0 Å². The third-order valence-corrected chi connectivity index (χ3v) is 5.71. The van der Waals surface area contributed by atoms with Crippen LogP contribution in [0.4, 0.5) is 0 Å². The number of amides is 1. The fraction of sp³-hybridized carbons (Fsp3) is 0.286. The zero-order valence-electron chi connectivity index (χ0n) is 15.6. The van der Waals surface area contributed by atoms with Crippen LogP contribution < -0.4 is 10.1 Å². The Morgan fingerprint density at radius 3 is 2.89 bits per heavy atom. The van der Waals surface area contributed by atoms with Crippen LogP contribution in [0.5, 0.6) is 5.75 Å². The number of hydrogen-bond donors (Lipinski definition) is 2. The van der Waals surface area contributed by atoms with Crippen LogP contribution >= 0.6 is 11.8 Å². The van der Waals surface area contributed by atoms with Crippen molar-refractivity contribution in [1.29, 1.82) is 0 Å². The molecule has 1 amide bonds. The van der Waals surface area contributed by atoms with Crippen molar-refractivity contribution >= 4 is 17.7 Å². The van der Waals surface area contributed by atoms with E-state index < -0.39 is 0 Å². The summed E-state index contributed by atoms with van der Waals surface area (Å²) in [6.07, 6.45) is 3.17. The maximum Gasteiger partial charge on any atom is 0.230 e. The van der Waals surface area contributed by atoms with Crippen LogP contribution in [0.25, 0.3) is 11.4 Å². The number of aromatic amines is 1. The average Bonchev–Trinajstić information content (AvgIpc) is 3.22. The lowest BCUT2D eigenvalue weighted by Gasteiger charge is -2.26. The first kappa shape index (κ1) is 18.6. The first-order valence-corrected chi connectivity index (χ1v) is 10.3. The molecule has 0 saturated heterocycles. The van der Waals surface area contributed by atoms with Crippen molar-refractivity contribution in [3.05, 3.63) is 59.7 Å². The molecule has 0 fully saturated rings. The molecule has 6 nitrogen and oxygen atoms in total. The Morgan fingerprint density at radius 2 is 2.07 bits per heavy atom. The predicted molar refractivity (Wildman–Crippen MR) is 109 cm³/mol. The lowest BCUT2D eigenvalue weighted by molar-refractivity contribution is -0.119. The Hall–Kier alpha value is -2.80. The van der Waals surface area contributed by atoms with Gasteiger partial charge in [-0.2, -0.15) is 0 Å². The molecule has 2 N–H and O–H groups in total. The summed E-state index contributed by atoms with van der Waals surface area (Å²) in [6.45, 7) is 0. The van der Waals surface area contributed by atoms with Gasteiger partial charge in [0.05, 0.1) is 18.9 Å². The number of benzene rings is 2. The van der Waals surface area contributed by atoms with Crippen LogP contribution in [0, 0.1) is 0 Å². The summed E-state index contributed by atoms with van der Waals surface area (Å²) in [5, 5.41) is 10.8. The van der Waals surface area contributed by atoms with Crippen molar-refractivity contribution in [2.75, 3.05) is 12.9 Å². The molecule has 4 rings (SSSR count). The van der Waals surface area contributed by atoms with E-state index in [1.54, 1.807) is 7.11 Å². The first-order chi connectivity index (χ1) is 13.7. The summed E-state index contributed by atoms with van der Waals surface area (Å²) in [5.74, 6) is 1.76. The van der Waals surface area contributed by atoms with Gasteiger partial charge in [-0.3, -0.25) is 9.89 Å². The van der Waals surface area contributed by atoms with E-state index in [-0.39, 0.29) is 11.9 Å². The number of carbonyl (C=O) groups excluding carboxylic acids is 1. The normalized spacial score (nSPS) is 15.7. The second-order valence-corrected chi connectivity index (χ2v) is 7.64. The molecule has 3 aromatic rings. The van der Waals surface area contributed by atoms with Gasteiger partial charge < -0.3 is 10.1 Å². The van der Waals surface area contributed by atoms with Gasteiger partial charge in [0.1, 0.15) is 5.75 Å². The van der Waals surface area contributed by atoms with Crippen LogP contribution in [0.15, 0.2) is 53.7 Å². The summed E-state index contributed by atoms with van der Waals surface area (Å²) in [6, 6.07) is 16.0. The Kier molecular flexibility index (Phi) is 5.62. The van der Waals surface area contributed by atoms with Gasteiger partial charge in [0.15, 0.2) is 5.82 Å². The van der Waals surface area contributed by atoms with E-state index in [2.05, 4.69) is 38.7 Å². The summed E-state index contributed by atoms with van der Waals surface area (Å²) in [7, 11) is 1.63. The molecule has 1 aliphatic rings. The fourth-order valence-corrected chi connectivity index (χ4v) is 4.07. The van der Waals surface area contributed by atoms with Crippen molar-refractivity contribution in [2.24, 2.45) is 0 Å². The van der Waals surface area contributed by atoms with E-state index in [9.17, 15) is 4.79 Å². The highest BCUT2D eigenvalue weighted by Crippen LogP contribution is 2.29. The largest absolute Gasteiger partial charge is 0.497 e. The van der Waals surface area contributed by atoms with Gasteiger partial charge in [0.25, 0.3) is 0 Å². The van der Waals surface area contributed by atoms with Crippen LogP contribution in [0.1, 0.15) is 30.0 Å². The number of hydrogen-bond acceptors (Lipinski definition) is 5. The van der Waals surface area contributed by atoms with Gasteiger partial charge in [0, 0.05) is 5.56 Å². The minimum atomic E-state index is 0.00232. The lowest BCUT2D eigenvalue weighted by atomic mass is 9.88. The molecule has 0 unspecified atom stereocenters. The molecule has 144 valence electrons. The summed E-state index contributed by atoms with van der Waals surface area (Å²) in [4.78, 5) is 16.9. The van der Waals surface area contributed by atoms with Crippen molar-refractivity contribution in [3.63, 3.8) is 0 Å². The molecule has 28 heavy (non-hydrogen) atoms. The molecule has 1 aromatic heterocycles. The van der Waals surface area contributed by atoms with Crippen molar-refractivity contribution in [2.45, 2.75) is 30.5 Å². The van der Waals surface area contributed by atoms with E-state index >= 15 is 0 Å². The second kappa shape index (κ2) is 8.48. The van der Waals surface area contributed by atoms with Crippen molar-refractivity contribution in [1.82, 2.24) is 20.5 Å². The van der Waals surface area contributed by atoms with Crippen LogP contribution in [0.2, 0.25) is 0 Å². The van der Waals surface area contributed by atoms with E-state index in [0.29, 0.717) is 16.7 Å². The Morgan fingerprint density at radius 1 is 1.25 bits per heavy atom. The fourth-order valence-electron chi connectivity index (χ4n) is 3.46. The standard InChI is InChI=1S/C21H22N4O2S/c1-27-16-11-9-15(10-12-16)20-23-21(25-24-20)28-13-19(26)22-18-8-4-6-14-5-2-3-7-17(14)18/h2-3,5,7,9-12,18H,4,6,8,13H2,1H3,(H,22,26)(H,23,24,25)/t18-/m1/s1.